The summed E-state index contributed by atoms with van der Waals surface area (Å²) in [4.78, 5) is 15.3. The molecule has 1 atom stereocenters. The molecule has 2 fully saturated rings. The highest BCUT2D eigenvalue weighted by Gasteiger charge is 2.27. The van der Waals surface area contributed by atoms with Crippen molar-refractivity contribution in [3.8, 4) is 0 Å². The Bertz CT molecular complexity index is 308. The van der Waals surface area contributed by atoms with Crippen molar-refractivity contribution in [3.05, 3.63) is 12.3 Å². The maximum atomic E-state index is 10.5. The molecule has 2 heterocycles. The van der Waals surface area contributed by atoms with Crippen molar-refractivity contribution in [2.45, 2.75) is 31.8 Å². The number of ether oxygens (including phenoxy) is 1. The third-order valence-corrected chi connectivity index (χ3v) is 4.25. The van der Waals surface area contributed by atoms with Crippen LogP contribution in [0.4, 0.5) is 0 Å². The van der Waals surface area contributed by atoms with Gasteiger partial charge in [-0.2, -0.15) is 0 Å². The lowest BCUT2D eigenvalue weighted by molar-refractivity contribution is -0.110. The van der Waals surface area contributed by atoms with E-state index in [9.17, 15) is 4.79 Å². The largest absolute Gasteiger partial charge is 0.379 e. The Morgan fingerprint density at radius 2 is 1.95 bits per heavy atom. The van der Waals surface area contributed by atoms with Crippen molar-refractivity contribution in [3.63, 3.8) is 0 Å². The van der Waals surface area contributed by atoms with Gasteiger partial charge < -0.3 is 15.0 Å². The molecule has 2 rings (SSSR count). The summed E-state index contributed by atoms with van der Waals surface area (Å²) in [5.74, 6) is 0. The summed E-state index contributed by atoms with van der Waals surface area (Å²) in [5, 5.41) is 2.77. The second-order valence-electron chi connectivity index (χ2n) is 5.36. The number of piperidine rings is 1. The number of rotatable bonds is 5. The van der Waals surface area contributed by atoms with E-state index in [4.69, 9.17) is 4.74 Å². The van der Waals surface area contributed by atoms with Crippen LogP contribution in [0.2, 0.25) is 0 Å². The highest BCUT2D eigenvalue weighted by atomic mass is 16.5. The first-order valence-electron chi connectivity index (χ1n) is 7.17. The first-order valence-corrected chi connectivity index (χ1v) is 7.17. The predicted molar refractivity (Wildman–Crippen MR) is 74.8 cm³/mol. The SMILES string of the molecule is C=C(C(C)NC=O)N1CCC(N2CCOCC2)CC1. The molecule has 2 aliphatic heterocycles. The summed E-state index contributed by atoms with van der Waals surface area (Å²) in [6.07, 6.45) is 3.09. The Morgan fingerprint density at radius 3 is 2.53 bits per heavy atom. The van der Waals surface area contributed by atoms with Crippen LogP contribution in [0.5, 0.6) is 0 Å². The Morgan fingerprint density at radius 1 is 1.32 bits per heavy atom. The lowest BCUT2D eigenvalue weighted by Crippen LogP contribution is -2.49. The smallest absolute Gasteiger partial charge is 0.207 e. The van der Waals surface area contributed by atoms with Gasteiger partial charge in [0.2, 0.25) is 6.41 Å². The van der Waals surface area contributed by atoms with Crippen LogP contribution in [-0.4, -0.2) is 67.7 Å². The van der Waals surface area contributed by atoms with E-state index in [1.54, 1.807) is 0 Å². The number of carbonyl (C=O) groups excluding carboxylic acids is 1. The average molecular weight is 267 g/mol. The summed E-state index contributed by atoms with van der Waals surface area (Å²) in [6, 6.07) is 0.708. The van der Waals surface area contributed by atoms with Crippen molar-refractivity contribution >= 4 is 6.41 Å². The van der Waals surface area contributed by atoms with E-state index in [-0.39, 0.29) is 6.04 Å². The highest BCUT2D eigenvalue weighted by Crippen LogP contribution is 2.21. The van der Waals surface area contributed by atoms with Crippen molar-refractivity contribution in [1.82, 2.24) is 15.1 Å². The fourth-order valence-electron chi connectivity index (χ4n) is 2.93. The topological polar surface area (TPSA) is 44.8 Å². The number of hydrogen-bond donors (Lipinski definition) is 1. The molecule has 5 nitrogen and oxygen atoms in total. The molecule has 5 heteroatoms. The van der Waals surface area contributed by atoms with Gasteiger partial charge in [-0.15, -0.1) is 0 Å². The Balaban J connectivity index is 1.78. The Hall–Kier alpha value is -1.07. The summed E-state index contributed by atoms with van der Waals surface area (Å²) in [5.41, 5.74) is 1.02. The van der Waals surface area contributed by atoms with E-state index < -0.39 is 0 Å². The summed E-state index contributed by atoms with van der Waals surface area (Å²) < 4.78 is 5.40. The molecule has 0 aromatic heterocycles. The van der Waals surface area contributed by atoms with Gasteiger partial charge >= 0.3 is 0 Å². The van der Waals surface area contributed by atoms with Crippen LogP contribution in [-0.2, 0) is 9.53 Å². The van der Waals surface area contributed by atoms with Crippen LogP contribution < -0.4 is 5.32 Å². The first kappa shape index (κ1) is 14.3. The quantitative estimate of drug-likeness (QED) is 0.734. The van der Waals surface area contributed by atoms with E-state index in [0.29, 0.717) is 6.04 Å². The molecule has 0 aromatic carbocycles. The molecule has 1 amide bonds. The van der Waals surface area contributed by atoms with Crippen LogP contribution >= 0.6 is 0 Å². The summed E-state index contributed by atoms with van der Waals surface area (Å²) >= 11 is 0. The number of amides is 1. The number of nitrogens with one attached hydrogen (secondary N) is 1. The minimum absolute atomic E-state index is 0.0254. The molecule has 0 spiro atoms. The van der Waals surface area contributed by atoms with Crippen molar-refractivity contribution < 1.29 is 9.53 Å². The molecule has 1 N–H and O–H groups in total. The minimum atomic E-state index is 0.0254. The number of nitrogens with zero attached hydrogens (tertiary/aromatic N) is 2. The molecule has 2 aliphatic rings. The van der Waals surface area contributed by atoms with Crippen LogP contribution in [0.1, 0.15) is 19.8 Å². The zero-order valence-electron chi connectivity index (χ0n) is 11.8. The zero-order chi connectivity index (χ0) is 13.7. The lowest BCUT2D eigenvalue weighted by atomic mass is 10.0. The minimum Gasteiger partial charge on any atom is -0.379 e. The fourth-order valence-corrected chi connectivity index (χ4v) is 2.93. The van der Waals surface area contributed by atoms with Crippen LogP contribution in [0, 0.1) is 0 Å². The monoisotopic (exact) mass is 267 g/mol. The van der Waals surface area contributed by atoms with E-state index in [0.717, 1.165) is 51.5 Å². The molecule has 0 aliphatic carbocycles. The van der Waals surface area contributed by atoms with E-state index in [1.807, 2.05) is 6.92 Å². The van der Waals surface area contributed by atoms with Gasteiger partial charge in [-0.25, -0.2) is 0 Å². The molecule has 0 saturated carbocycles. The van der Waals surface area contributed by atoms with Gasteiger partial charge in [0.05, 0.1) is 19.3 Å². The first-order chi connectivity index (χ1) is 9.22. The molecule has 2 saturated heterocycles. The van der Waals surface area contributed by atoms with Gasteiger partial charge in [0.25, 0.3) is 0 Å². The van der Waals surface area contributed by atoms with Gasteiger partial charge in [0.1, 0.15) is 0 Å². The fraction of sp³-hybridized carbons (Fsp3) is 0.786. The molecule has 0 bridgehead atoms. The van der Waals surface area contributed by atoms with Gasteiger partial charge in [0, 0.05) is 37.9 Å². The highest BCUT2D eigenvalue weighted by molar-refractivity contribution is 5.47. The Kier molecular flexibility index (Phi) is 5.22. The third-order valence-electron chi connectivity index (χ3n) is 4.25. The van der Waals surface area contributed by atoms with Crippen molar-refractivity contribution in [2.75, 3.05) is 39.4 Å². The third kappa shape index (κ3) is 3.70. The van der Waals surface area contributed by atoms with Crippen LogP contribution in [0.3, 0.4) is 0 Å². The maximum absolute atomic E-state index is 10.5. The molecule has 0 aromatic rings. The van der Waals surface area contributed by atoms with E-state index in [2.05, 4.69) is 21.7 Å². The molecule has 1 unspecified atom stereocenters. The summed E-state index contributed by atoms with van der Waals surface area (Å²) in [7, 11) is 0. The number of likely N-dealkylation sites (tertiary alicyclic amines) is 1. The molecule has 0 radical (unpaired) electrons. The molecular formula is C14H25N3O2. The standard InChI is InChI=1S/C14H25N3O2/c1-12(15-11-18)13(2)16-5-3-14(4-6-16)17-7-9-19-10-8-17/h11-12,14H,2-10H2,1H3,(H,15,18). The van der Waals surface area contributed by atoms with Gasteiger partial charge in [-0.3, -0.25) is 9.69 Å². The van der Waals surface area contributed by atoms with Crippen LogP contribution in [0.25, 0.3) is 0 Å². The second-order valence-corrected chi connectivity index (χ2v) is 5.36. The molecule has 108 valence electrons. The number of morpholine rings is 1. The Labute approximate surface area is 115 Å². The predicted octanol–water partition coefficient (Wildman–Crippen LogP) is 0.431. The molecular weight excluding hydrogens is 242 g/mol. The number of hydrogen-bond acceptors (Lipinski definition) is 4. The maximum Gasteiger partial charge on any atom is 0.207 e. The second kappa shape index (κ2) is 6.91. The van der Waals surface area contributed by atoms with Gasteiger partial charge in [-0.05, 0) is 19.8 Å². The van der Waals surface area contributed by atoms with E-state index in [1.165, 1.54) is 12.8 Å². The average Bonchev–Trinajstić information content (AvgIpc) is 2.48. The lowest BCUT2D eigenvalue weighted by Gasteiger charge is -2.42. The van der Waals surface area contributed by atoms with Crippen LogP contribution in [0.15, 0.2) is 12.3 Å². The van der Waals surface area contributed by atoms with Gasteiger partial charge in [-0.1, -0.05) is 6.58 Å². The van der Waals surface area contributed by atoms with Crippen molar-refractivity contribution in [2.24, 2.45) is 0 Å². The molecule has 19 heavy (non-hydrogen) atoms. The van der Waals surface area contributed by atoms with E-state index >= 15 is 0 Å². The van der Waals surface area contributed by atoms with Crippen molar-refractivity contribution in [1.29, 1.82) is 0 Å². The normalized spacial score (nSPS) is 23.9. The van der Waals surface area contributed by atoms with Gasteiger partial charge in [0.15, 0.2) is 0 Å². The zero-order valence-corrected chi connectivity index (χ0v) is 11.8. The summed E-state index contributed by atoms with van der Waals surface area (Å²) in [6.45, 7) is 12.0. The number of carbonyl (C=O) groups is 1.